The molecule has 5 heteroatoms. The molecule has 1 N–H and O–H groups in total. The Labute approximate surface area is 126 Å². The maximum absolute atomic E-state index is 6.23. The maximum Gasteiger partial charge on any atom is 0.243 e. The van der Waals surface area contributed by atoms with Crippen LogP contribution in [0, 0.1) is 5.92 Å². The lowest BCUT2D eigenvalue weighted by Crippen LogP contribution is -2.44. The normalized spacial score (nSPS) is 26.5. The maximum atomic E-state index is 6.23. The molecule has 1 aromatic heterocycles. The number of anilines is 1. The summed E-state index contributed by atoms with van der Waals surface area (Å²) >= 11 is 6.23. The smallest absolute Gasteiger partial charge is 0.243 e. The van der Waals surface area contributed by atoms with E-state index in [1.807, 2.05) is 0 Å². The summed E-state index contributed by atoms with van der Waals surface area (Å²) < 4.78 is 0. The number of hydrogen-bond donors (Lipinski definition) is 1. The molecule has 4 nitrogen and oxygen atoms in total. The van der Waals surface area contributed by atoms with Crippen molar-refractivity contribution in [1.82, 2.24) is 15.2 Å². The van der Waals surface area contributed by atoms with Crippen LogP contribution < -0.4 is 5.32 Å². The minimum absolute atomic E-state index is 0.0610. The van der Waals surface area contributed by atoms with Crippen LogP contribution >= 0.6 is 11.6 Å². The summed E-state index contributed by atoms with van der Waals surface area (Å²) in [5, 5.41) is 12.0. The van der Waals surface area contributed by atoms with Crippen LogP contribution in [0.1, 0.15) is 57.8 Å². The Morgan fingerprint density at radius 2 is 1.80 bits per heavy atom. The molecular formula is C15H25ClN4. The van der Waals surface area contributed by atoms with Crippen LogP contribution in [-0.2, 0) is 12.8 Å². The number of alkyl halides is 1. The fraction of sp³-hybridized carbons (Fsp3) is 0.800. The third kappa shape index (κ3) is 3.40. The average Bonchev–Trinajstić information content (AvgIpc) is 2.49. The van der Waals surface area contributed by atoms with Crippen LogP contribution in [-0.4, -0.2) is 26.6 Å². The van der Waals surface area contributed by atoms with E-state index in [1.54, 1.807) is 0 Å². The first kappa shape index (κ1) is 15.5. The second kappa shape index (κ2) is 6.70. The van der Waals surface area contributed by atoms with E-state index in [-0.39, 0.29) is 5.54 Å². The van der Waals surface area contributed by atoms with E-state index in [9.17, 15) is 0 Å². The van der Waals surface area contributed by atoms with E-state index in [0.29, 0.717) is 11.8 Å². The third-order valence-electron chi connectivity index (χ3n) is 4.37. The molecule has 0 saturated heterocycles. The van der Waals surface area contributed by atoms with E-state index >= 15 is 0 Å². The molecule has 1 fully saturated rings. The Bertz CT molecular complexity index is 441. The van der Waals surface area contributed by atoms with Crippen molar-refractivity contribution in [3.05, 3.63) is 11.4 Å². The van der Waals surface area contributed by atoms with Crippen LogP contribution in [0.25, 0.3) is 0 Å². The zero-order chi connectivity index (χ0) is 14.6. The summed E-state index contributed by atoms with van der Waals surface area (Å²) in [4.78, 5) is 4.62. The van der Waals surface area contributed by atoms with Gasteiger partial charge >= 0.3 is 0 Å². The van der Waals surface area contributed by atoms with E-state index in [4.69, 9.17) is 11.6 Å². The zero-order valence-electron chi connectivity index (χ0n) is 12.7. The van der Waals surface area contributed by atoms with E-state index < -0.39 is 0 Å². The van der Waals surface area contributed by atoms with Crippen molar-refractivity contribution < 1.29 is 0 Å². The summed E-state index contributed by atoms with van der Waals surface area (Å²) in [6, 6.07) is 0. The lowest BCUT2D eigenvalue weighted by atomic mass is 9.78. The molecule has 0 bridgehead atoms. The number of nitrogens with one attached hydrogen (secondary N) is 1. The van der Waals surface area contributed by atoms with Crippen molar-refractivity contribution in [1.29, 1.82) is 0 Å². The summed E-state index contributed by atoms with van der Waals surface area (Å²) in [6.45, 7) is 6.49. The van der Waals surface area contributed by atoms with Crippen molar-refractivity contribution in [2.24, 2.45) is 5.92 Å². The predicted molar refractivity (Wildman–Crippen MR) is 83.3 cm³/mol. The Morgan fingerprint density at radius 3 is 2.35 bits per heavy atom. The molecule has 2 rings (SSSR count). The number of aromatic nitrogens is 3. The Hall–Kier alpha value is -0.900. The van der Waals surface area contributed by atoms with E-state index in [0.717, 1.165) is 43.0 Å². The van der Waals surface area contributed by atoms with Gasteiger partial charge in [0.1, 0.15) is 0 Å². The third-order valence-corrected chi connectivity index (χ3v) is 4.88. The number of halogens is 1. The monoisotopic (exact) mass is 296 g/mol. The molecule has 1 saturated carbocycles. The largest absolute Gasteiger partial charge is 0.346 e. The number of nitrogens with zero attached hydrogens (tertiary/aromatic N) is 3. The molecule has 0 spiro atoms. The topological polar surface area (TPSA) is 50.7 Å². The second-order valence-electron chi connectivity index (χ2n) is 5.96. The highest BCUT2D eigenvalue weighted by atomic mass is 35.5. The van der Waals surface area contributed by atoms with Gasteiger partial charge in [0.15, 0.2) is 0 Å². The molecule has 1 aliphatic carbocycles. The first-order valence-electron chi connectivity index (χ1n) is 7.69. The highest BCUT2D eigenvalue weighted by molar-refractivity contribution is 6.18. The van der Waals surface area contributed by atoms with Crippen LogP contribution in [0.15, 0.2) is 0 Å². The van der Waals surface area contributed by atoms with Gasteiger partial charge in [0.05, 0.1) is 16.9 Å². The lowest BCUT2D eigenvalue weighted by molar-refractivity contribution is 0.285. The molecule has 20 heavy (non-hydrogen) atoms. The van der Waals surface area contributed by atoms with Crippen molar-refractivity contribution in [2.45, 2.75) is 64.8 Å². The number of aryl methyl sites for hydroxylation is 2. The second-order valence-corrected chi connectivity index (χ2v) is 6.22. The number of hydrogen-bond acceptors (Lipinski definition) is 4. The Morgan fingerprint density at radius 1 is 1.15 bits per heavy atom. The van der Waals surface area contributed by atoms with Gasteiger partial charge in [-0.2, -0.15) is 5.10 Å². The van der Waals surface area contributed by atoms with Gasteiger partial charge < -0.3 is 5.32 Å². The van der Waals surface area contributed by atoms with Crippen LogP contribution in [0.4, 0.5) is 5.95 Å². The molecule has 0 radical (unpaired) electrons. The highest BCUT2D eigenvalue weighted by Gasteiger charge is 2.34. The number of rotatable bonds is 5. The molecule has 0 unspecified atom stereocenters. The first-order valence-corrected chi connectivity index (χ1v) is 8.22. The standard InChI is InChI=1S/C15H25ClN4/c1-4-12-13(5-2)19-20-14(17-12)18-15(10-16)8-6-11(3)7-9-15/h11H,4-10H2,1-3H3,(H,17,18,20). The van der Waals surface area contributed by atoms with E-state index in [2.05, 4.69) is 41.3 Å². The van der Waals surface area contributed by atoms with Gasteiger partial charge in [0.25, 0.3) is 0 Å². The highest BCUT2D eigenvalue weighted by Crippen LogP contribution is 2.34. The van der Waals surface area contributed by atoms with Gasteiger partial charge in [0, 0.05) is 5.88 Å². The lowest BCUT2D eigenvalue weighted by Gasteiger charge is -2.38. The average molecular weight is 297 g/mol. The SMILES string of the molecule is CCc1nnc(NC2(CCl)CCC(C)CC2)nc1CC. The quantitative estimate of drug-likeness (QED) is 0.844. The zero-order valence-corrected chi connectivity index (χ0v) is 13.5. The molecule has 0 aliphatic heterocycles. The summed E-state index contributed by atoms with van der Waals surface area (Å²) in [6.07, 6.45) is 6.34. The molecule has 112 valence electrons. The summed E-state index contributed by atoms with van der Waals surface area (Å²) in [7, 11) is 0. The molecular weight excluding hydrogens is 272 g/mol. The van der Waals surface area contributed by atoms with Crippen molar-refractivity contribution in [3.8, 4) is 0 Å². The first-order chi connectivity index (χ1) is 9.62. The predicted octanol–water partition coefficient (Wildman–Crippen LogP) is 3.60. The van der Waals surface area contributed by atoms with Gasteiger partial charge in [-0.1, -0.05) is 20.8 Å². The van der Waals surface area contributed by atoms with Gasteiger partial charge in [-0.3, -0.25) is 0 Å². The van der Waals surface area contributed by atoms with Crippen LogP contribution in [0.3, 0.4) is 0 Å². The van der Waals surface area contributed by atoms with Crippen LogP contribution in [0.5, 0.6) is 0 Å². The Kier molecular flexibility index (Phi) is 5.19. The van der Waals surface area contributed by atoms with Crippen molar-refractivity contribution in [2.75, 3.05) is 11.2 Å². The molecule has 0 atom stereocenters. The molecule has 1 aliphatic rings. The van der Waals surface area contributed by atoms with Crippen molar-refractivity contribution in [3.63, 3.8) is 0 Å². The minimum Gasteiger partial charge on any atom is -0.346 e. The van der Waals surface area contributed by atoms with Gasteiger partial charge in [-0.25, -0.2) is 4.98 Å². The molecule has 0 aromatic carbocycles. The van der Waals surface area contributed by atoms with Gasteiger partial charge in [-0.05, 0) is 44.4 Å². The summed E-state index contributed by atoms with van der Waals surface area (Å²) in [5.74, 6) is 2.02. The molecule has 1 heterocycles. The van der Waals surface area contributed by atoms with E-state index in [1.165, 1.54) is 12.8 Å². The fourth-order valence-electron chi connectivity index (χ4n) is 2.83. The van der Waals surface area contributed by atoms with Crippen LogP contribution in [0.2, 0.25) is 0 Å². The van der Waals surface area contributed by atoms with Crippen molar-refractivity contribution >= 4 is 17.5 Å². The van der Waals surface area contributed by atoms with Gasteiger partial charge in [-0.15, -0.1) is 16.7 Å². The minimum atomic E-state index is -0.0610. The fourth-order valence-corrected chi connectivity index (χ4v) is 3.17. The summed E-state index contributed by atoms with van der Waals surface area (Å²) in [5.41, 5.74) is 1.98. The van der Waals surface area contributed by atoms with Gasteiger partial charge in [0.2, 0.25) is 5.95 Å². The Balaban J connectivity index is 2.15. The molecule has 0 amide bonds. The molecule has 1 aromatic rings.